The second kappa shape index (κ2) is 5.07. The quantitative estimate of drug-likeness (QED) is 0.663. The van der Waals surface area contributed by atoms with Crippen LogP contribution >= 0.6 is 0 Å². The monoisotopic (exact) mass is 200 g/mol. The molecule has 0 aromatic heterocycles. The van der Waals surface area contributed by atoms with Gasteiger partial charge >= 0.3 is 0 Å². The van der Waals surface area contributed by atoms with Gasteiger partial charge in [-0.1, -0.05) is 0 Å². The first-order valence-corrected chi connectivity index (χ1v) is 5.47. The highest BCUT2D eigenvalue weighted by Crippen LogP contribution is 2.17. The standard InChI is InChI=1S/C10H20N2O2/c1-13-10-8-14-7-2-9(10)12-5-3-11-4-6-12/h9-11H,2-8H2,1H3. The maximum absolute atomic E-state index is 5.47. The van der Waals surface area contributed by atoms with E-state index in [1.165, 1.54) is 0 Å². The zero-order valence-electron chi connectivity index (χ0n) is 8.87. The van der Waals surface area contributed by atoms with Gasteiger partial charge in [-0.05, 0) is 6.42 Å². The Morgan fingerprint density at radius 3 is 2.86 bits per heavy atom. The summed E-state index contributed by atoms with van der Waals surface area (Å²) in [5, 5.41) is 3.37. The van der Waals surface area contributed by atoms with E-state index in [1.54, 1.807) is 7.11 Å². The lowest BCUT2D eigenvalue weighted by Crippen LogP contribution is -2.55. The molecule has 0 aromatic rings. The Balaban J connectivity index is 1.91. The van der Waals surface area contributed by atoms with Crippen molar-refractivity contribution < 1.29 is 9.47 Å². The van der Waals surface area contributed by atoms with E-state index in [-0.39, 0.29) is 6.10 Å². The molecule has 0 radical (unpaired) electrons. The minimum absolute atomic E-state index is 0.266. The molecular formula is C10H20N2O2. The molecule has 2 aliphatic rings. The van der Waals surface area contributed by atoms with Crippen LogP contribution in [0.25, 0.3) is 0 Å². The molecule has 0 aliphatic carbocycles. The van der Waals surface area contributed by atoms with Crippen LogP contribution in [0, 0.1) is 0 Å². The molecule has 14 heavy (non-hydrogen) atoms. The van der Waals surface area contributed by atoms with Gasteiger partial charge in [0.05, 0.1) is 12.7 Å². The molecule has 2 atom stereocenters. The fourth-order valence-corrected chi connectivity index (χ4v) is 2.36. The first-order valence-electron chi connectivity index (χ1n) is 5.47. The predicted molar refractivity (Wildman–Crippen MR) is 54.5 cm³/mol. The molecule has 2 heterocycles. The Morgan fingerprint density at radius 2 is 2.14 bits per heavy atom. The van der Waals surface area contributed by atoms with Crippen molar-refractivity contribution in [3.05, 3.63) is 0 Å². The highest BCUT2D eigenvalue weighted by molar-refractivity contribution is 4.85. The number of hydrogen-bond acceptors (Lipinski definition) is 4. The molecular weight excluding hydrogens is 180 g/mol. The Labute approximate surface area is 85.5 Å². The zero-order chi connectivity index (χ0) is 9.80. The molecule has 4 heteroatoms. The lowest BCUT2D eigenvalue weighted by Gasteiger charge is -2.40. The molecule has 0 bridgehead atoms. The fraction of sp³-hybridized carbons (Fsp3) is 1.00. The first kappa shape index (κ1) is 10.4. The molecule has 0 amide bonds. The summed E-state index contributed by atoms with van der Waals surface area (Å²) >= 11 is 0. The Bertz CT molecular complexity index is 172. The van der Waals surface area contributed by atoms with Gasteiger partial charge in [0, 0.05) is 45.9 Å². The highest BCUT2D eigenvalue weighted by atomic mass is 16.5. The van der Waals surface area contributed by atoms with Crippen LogP contribution in [0.1, 0.15) is 6.42 Å². The number of hydrogen-bond donors (Lipinski definition) is 1. The number of nitrogens with one attached hydrogen (secondary N) is 1. The van der Waals surface area contributed by atoms with Crippen LogP contribution in [-0.4, -0.2) is 63.5 Å². The van der Waals surface area contributed by atoms with Crippen molar-refractivity contribution in [3.8, 4) is 0 Å². The molecule has 2 fully saturated rings. The summed E-state index contributed by atoms with van der Waals surface area (Å²) in [7, 11) is 1.79. The van der Waals surface area contributed by atoms with Crippen LogP contribution in [0.4, 0.5) is 0 Å². The average Bonchev–Trinajstić information content (AvgIpc) is 2.30. The largest absolute Gasteiger partial charge is 0.379 e. The Hall–Kier alpha value is -0.160. The van der Waals surface area contributed by atoms with E-state index in [2.05, 4.69) is 10.2 Å². The molecule has 0 aromatic carbocycles. The van der Waals surface area contributed by atoms with Gasteiger partial charge in [-0.15, -0.1) is 0 Å². The lowest BCUT2D eigenvalue weighted by molar-refractivity contribution is -0.0846. The molecule has 2 aliphatic heterocycles. The van der Waals surface area contributed by atoms with Gasteiger partial charge in [-0.25, -0.2) is 0 Å². The minimum atomic E-state index is 0.266. The summed E-state index contributed by atoms with van der Waals surface area (Å²) in [6.45, 7) is 6.14. The fourth-order valence-electron chi connectivity index (χ4n) is 2.36. The average molecular weight is 200 g/mol. The zero-order valence-corrected chi connectivity index (χ0v) is 8.87. The second-order valence-corrected chi connectivity index (χ2v) is 3.99. The van der Waals surface area contributed by atoms with E-state index < -0.39 is 0 Å². The number of ether oxygens (including phenoxy) is 2. The summed E-state index contributed by atoms with van der Waals surface area (Å²) in [6.07, 6.45) is 1.38. The van der Waals surface area contributed by atoms with Crippen LogP contribution in [0.2, 0.25) is 0 Å². The van der Waals surface area contributed by atoms with Gasteiger partial charge in [-0.3, -0.25) is 4.90 Å². The van der Waals surface area contributed by atoms with E-state index in [0.29, 0.717) is 6.04 Å². The second-order valence-electron chi connectivity index (χ2n) is 3.99. The SMILES string of the molecule is COC1COCCC1N1CCNCC1. The third-order valence-electron chi connectivity index (χ3n) is 3.19. The third-order valence-corrected chi connectivity index (χ3v) is 3.19. The van der Waals surface area contributed by atoms with Crippen LogP contribution in [0.15, 0.2) is 0 Å². The van der Waals surface area contributed by atoms with E-state index in [1.807, 2.05) is 0 Å². The molecule has 2 rings (SSSR count). The topological polar surface area (TPSA) is 33.7 Å². The summed E-state index contributed by atoms with van der Waals surface area (Å²) in [5.74, 6) is 0. The molecule has 82 valence electrons. The van der Waals surface area contributed by atoms with Crippen molar-refractivity contribution in [2.24, 2.45) is 0 Å². The third kappa shape index (κ3) is 2.25. The molecule has 0 spiro atoms. The smallest absolute Gasteiger partial charge is 0.0960 e. The van der Waals surface area contributed by atoms with Gasteiger partial charge in [0.25, 0.3) is 0 Å². The number of piperazine rings is 1. The lowest BCUT2D eigenvalue weighted by atomic mass is 10.0. The van der Waals surface area contributed by atoms with Gasteiger partial charge < -0.3 is 14.8 Å². The summed E-state index contributed by atoms with van der Waals surface area (Å²) < 4.78 is 10.9. The van der Waals surface area contributed by atoms with Gasteiger partial charge in [-0.2, -0.15) is 0 Å². The van der Waals surface area contributed by atoms with Crippen molar-refractivity contribution in [2.45, 2.75) is 18.6 Å². The normalized spacial score (nSPS) is 35.8. The van der Waals surface area contributed by atoms with E-state index in [4.69, 9.17) is 9.47 Å². The van der Waals surface area contributed by atoms with Crippen LogP contribution in [-0.2, 0) is 9.47 Å². The van der Waals surface area contributed by atoms with Gasteiger partial charge in [0.2, 0.25) is 0 Å². The van der Waals surface area contributed by atoms with E-state index in [9.17, 15) is 0 Å². The van der Waals surface area contributed by atoms with Crippen molar-refractivity contribution in [2.75, 3.05) is 46.5 Å². The van der Waals surface area contributed by atoms with Gasteiger partial charge in [0.1, 0.15) is 0 Å². The van der Waals surface area contributed by atoms with Gasteiger partial charge in [0.15, 0.2) is 0 Å². The van der Waals surface area contributed by atoms with Crippen molar-refractivity contribution in [1.29, 1.82) is 0 Å². The maximum Gasteiger partial charge on any atom is 0.0960 e. The summed E-state index contributed by atoms with van der Waals surface area (Å²) in [6, 6.07) is 0.566. The molecule has 2 unspecified atom stereocenters. The summed E-state index contributed by atoms with van der Waals surface area (Å²) in [4.78, 5) is 2.53. The number of nitrogens with zero attached hydrogens (tertiary/aromatic N) is 1. The van der Waals surface area contributed by atoms with Crippen LogP contribution in [0.3, 0.4) is 0 Å². The van der Waals surface area contributed by atoms with Crippen molar-refractivity contribution >= 4 is 0 Å². The minimum Gasteiger partial charge on any atom is -0.379 e. The molecule has 4 nitrogen and oxygen atoms in total. The predicted octanol–water partition coefficient (Wildman–Crippen LogP) is -0.304. The molecule has 0 saturated carbocycles. The molecule has 2 saturated heterocycles. The highest BCUT2D eigenvalue weighted by Gasteiger charge is 2.31. The van der Waals surface area contributed by atoms with Crippen molar-refractivity contribution in [1.82, 2.24) is 10.2 Å². The Morgan fingerprint density at radius 1 is 1.36 bits per heavy atom. The first-order chi connectivity index (χ1) is 6.92. The van der Waals surface area contributed by atoms with Crippen LogP contribution in [0.5, 0.6) is 0 Å². The number of rotatable bonds is 2. The van der Waals surface area contributed by atoms with E-state index in [0.717, 1.165) is 45.8 Å². The number of methoxy groups -OCH3 is 1. The molecule has 1 N–H and O–H groups in total. The summed E-state index contributed by atoms with van der Waals surface area (Å²) in [5.41, 5.74) is 0. The van der Waals surface area contributed by atoms with Crippen LogP contribution < -0.4 is 5.32 Å². The maximum atomic E-state index is 5.47. The van der Waals surface area contributed by atoms with E-state index >= 15 is 0 Å². The Kier molecular flexibility index (Phi) is 3.75. The van der Waals surface area contributed by atoms with Crippen molar-refractivity contribution in [3.63, 3.8) is 0 Å².